The number of aryl methyl sites for hydroxylation is 2. The molecule has 1 rings (SSSR count). The summed E-state index contributed by atoms with van der Waals surface area (Å²) in [6.45, 7) is 8.01. The summed E-state index contributed by atoms with van der Waals surface area (Å²) in [6.07, 6.45) is 0. The molecule has 0 aliphatic heterocycles. The third kappa shape index (κ3) is 2.42. The van der Waals surface area contributed by atoms with Crippen LogP contribution in [0.4, 0.5) is 0 Å². The number of aliphatic hydroxyl groups excluding tert-OH is 1. The molecule has 0 unspecified atom stereocenters. The van der Waals surface area contributed by atoms with Crippen molar-refractivity contribution in [2.45, 2.75) is 13.8 Å². The van der Waals surface area contributed by atoms with Crippen LogP contribution in [0.1, 0.15) is 16.8 Å². The molecular weight excluding hydrogens is 166 g/mol. The highest BCUT2D eigenvalue weighted by atomic mass is 16.5. The Bertz CT molecular complexity index is 274. The highest BCUT2D eigenvalue weighted by Gasteiger charge is 2.02. The van der Waals surface area contributed by atoms with Crippen LogP contribution in [-0.2, 0) is 0 Å². The van der Waals surface area contributed by atoms with E-state index in [-0.39, 0.29) is 13.2 Å². The number of pyridine rings is 1. The molecule has 0 saturated carbocycles. The smallest absolute Gasteiger partial charge is 0.213 e. The molecule has 1 N–H and O–H groups in total. The van der Waals surface area contributed by atoms with Gasteiger partial charge in [-0.15, -0.1) is 0 Å². The predicted octanol–water partition coefficient (Wildman–Crippen LogP) is 1.25. The van der Waals surface area contributed by atoms with Crippen molar-refractivity contribution in [3.8, 4) is 5.88 Å². The molecule has 1 aromatic rings. The lowest BCUT2D eigenvalue weighted by atomic mass is 10.1. The number of aromatic nitrogens is 1. The Labute approximate surface area is 78.4 Å². The first kappa shape index (κ1) is 9.99. The van der Waals surface area contributed by atoms with Gasteiger partial charge in [0.25, 0.3) is 0 Å². The van der Waals surface area contributed by atoms with Crippen LogP contribution in [0.3, 0.4) is 0 Å². The summed E-state index contributed by atoms with van der Waals surface area (Å²) in [7, 11) is 0. The van der Waals surface area contributed by atoms with Crippen LogP contribution in [0.15, 0.2) is 6.07 Å². The van der Waals surface area contributed by atoms with E-state index in [1.165, 1.54) is 0 Å². The molecule has 0 spiro atoms. The fourth-order valence-electron chi connectivity index (χ4n) is 1.05. The lowest BCUT2D eigenvalue weighted by Gasteiger charge is -2.08. The molecule has 0 atom stereocenters. The van der Waals surface area contributed by atoms with E-state index < -0.39 is 0 Å². The predicted molar refractivity (Wildman–Crippen MR) is 50.8 cm³/mol. The lowest BCUT2D eigenvalue weighted by Crippen LogP contribution is -2.04. The molecule has 0 aliphatic rings. The summed E-state index contributed by atoms with van der Waals surface area (Å²) in [5, 5.41) is 8.56. The maximum Gasteiger partial charge on any atom is 0.213 e. The zero-order chi connectivity index (χ0) is 9.84. The van der Waals surface area contributed by atoms with Gasteiger partial charge in [0.1, 0.15) is 6.61 Å². The van der Waals surface area contributed by atoms with Crippen molar-refractivity contribution in [1.29, 1.82) is 0 Å². The first-order valence-electron chi connectivity index (χ1n) is 4.19. The van der Waals surface area contributed by atoms with Gasteiger partial charge in [0, 0.05) is 11.8 Å². The highest BCUT2D eigenvalue weighted by Crippen LogP contribution is 2.16. The molecular formula is C10H14NO2. The van der Waals surface area contributed by atoms with Gasteiger partial charge in [-0.3, -0.25) is 0 Å². The number of nitrogens with zero attached hydrogens (tertiary/aromatic N) is 1. The summed E-state index contributed by atoms with van der Waals surface area (Å²) in [5.41, 5.74) is 2.87. The van der Waals surface area contributed by atoms with Gasteiger partial charge >= 0.3 is 0 Å². The first-order chi connectivity index (χ1) is 6.15. The molecule has 71 valence electrons. The minimum Gasteiger partial charge on any atom is -0.475 e. The van der Waals surface area contributed by atoms with E-state index in [0.29, 0.717) is 5.88 Å². The lowest BCUT2D eigenvalue weighted by molar-refractivity contribution is 0.196. The maximum absolute atomic E-state index is 8.56. The summed E-state index contributed by atoms with van der Waals surface area (Å²) in [4.78, 5) is 4.18. The van der Waals surface area contributed by atoms with Crippen LogP contribution in [0.2, 0.25) is 0 Å². The van der Waals surface area contributed by atoms with Gasteiger partial charge < -0.3 is 9.84 Å². The molecule has 1 aromatic heterocycles. The van der Waals surface area contributed by atoms with Gasteiger partial charge in [-0.05, 0) is 31.9 Å². The van der Waals surface area contributed by atoms with E-state index in [9.17, 15) is 0 Å². The van der Waals surface area contributed by atoms with E-state index in [4.69, 9.17) is 9.84 Å². The number of hydrogen-bond donors (Lipinski definition) is 1. The molecule has 0 bridgehead atoms. The van der Waals surface area contributed by atoms with Crippen molar-refractivity contribution in [2.75, 3.05) is 13.2 Å². The fraction of sp³-hybridized carbons (Fsp3) is 0.400. The summed E-state index contributed by atoms with van der Waals surface area (Å²) >= 11 is 0. The number of rotatable bonds is 3. The van der Waals surface area contributed by atoms with Crippen molar-refractivity contribution < 1.29 is 9.84 Å². The van der Waals surface area contributed by atoms with Gasteiger partial charge in [-0.25, -0.2) is 4.98 Å². The fourth-order valence-corrected chi connectivity index (χ4v) is 1.05. The van der Waals surface area contributed by atoms with Crippen molar-refractivity contribution >= 4 is 0 Å². The molecule has 0 fully saturated rings. The van der Waals surface area contributed by atoms with Crippen LogP contribution >= 0.6 is 0 Å². The number of hydrogen-bond acceptors (Lipinski definition) is 3. The van der Waals surface area contributed by atoms with Crippen LogP contribution in [0.5, 0.6) is 5.88 Å². The Morgan fingerprint density at radius 3 is 2.77 bits per heavy atom. The molecule has 0 amide bonds. The van der Waals surface area contributed by atoms with E-state index in [1.54, 1.807) is 0 Å². The van der Waals surface area contributed by atoms with E-state index in [1.807, 2.05) is 19.9 Å². The van der Waals surface area contributed by atoms with Crippen molar-refractivity contribution in [3.05, 3.63) is 29.8 Å². The third-order valence-corrected chi connectivity index (χ3v) is 1.87. The molecule has 1 heterocycles. The van der Waals surface area contributed by atoms with Crippen LogP contribution in [0.25, 0.3) is 0 Å². The molecule has 0 aromatic carbocycles. The normalized spacial score (nSPS) is 10.2. The quantitative estimate of drug-likeness (QED) is 0.761. The van der Waals surface area contributed by atoms with Gasteiger partial charge in [0.15, 0.2) is 0 Å². The Morgan fingerprint density at radius 1 is 1.54 bits per heavy atom. The van der Waals surface area contributed by atoms with Crippen LogP contribution in [0, 0.1) is 20.8 Å². The highest BCUT2D eigenvalue weighted by molar-refractivity contribution is 5.35. The Balaban J connectivity index is 2.86. The SMILES string of the molecule is [CH2]c1c(C)cc(OCCO)nc1C. The number of aliphatic hydroxyl groups is 1. The van der Waals surface area contributed by atoms with Gasteiger partial charge in [-0.1, -0.05) is 0 Å². The van der Waals surface area contributed by atoms with Crippen molar-refractivity contribution in [2.24, 2.45) is 0 Å². The maximum atomic E-state index is 8.56. The third-order valence-electron chi connectivity index (χ3n) is 1.87. The second-order valence-corrected chi connectivity index (χ2v) is 2.91. The first-order valence-corrected chi connectivity index (χ1v) is 4.19. The monoisotopic (exact) mass is 180 g/mol. The summed E-state index contributed by atoms with van der Waals surface area (Å²) in [5.74, 6) is 0.552. The van der Waals surface area contributed by atoms with E-state index in [0.717, 1.165) is 16.8 Å². The Morgan fingerprint density at radius 2 is 2.23 bits per heavy atom. The molecule has 1 radical (unpaired) electrons. The van der Waals surface area contributed by atoms with E-state index >= 15 is 0 Å². The van der Waals surface area contributed by atoms with Crippen molar-refractivity contribution in [3.63, 3.8) is 0 Å². The zero-order valence-corrected chi connectivity index (χ0v) is 8.00. The minimum absolute atomic E-state index is 0.00585. The topological polar surface area (TPSA) is 42.4 Å². The largest absolute Gasteiger partial charge is 0.475 e. The van der Waals surface area contributed by atoms with Gasteiger partial charge in [-0.2, -0.15) is 0 Å². The Kier molecular flexibility index (Phi) is 3.25. The van der Waals surface area contributed by atoms with Crippen LogP contribution in [-0.4, -0.2) is 23.3 Å². The minimum atomic E-state index is 0.00585. The Hall–Kier alpha value is -1.09. The zero-order valence-electron chi connectivity index (χ0n) is 8.00. The van der Waals surface area contributed by atoms with Gasteiger partial charge in [0.2, 0.25) is 5.88 Å². The molecule has 13 heavy (non-hydrogen) atoms. The summed E-state index contributed by atoms with van der Waals surface area (Å²) < 4.78 is 5.18. The average Bonchev–Trinajstić information content (AvgIpc) is 2.10. The van der Waals surface area contributed by atoms with Gasteiger partial charge in [0.05, 0.1) is 6.61 Å². The molecule has 3 heteroatoms. The molecule has 0 aliphatic carbocycles. The standard InChI is InChI=1S/C10H14NO2/c1-7-6-10(13-5-4-12)11-9(3)8(7)2/h6,12H,2,4-5H2,1,3H3. The second kappa shape index (κ2) is 4.23. The van der Waals surface area contributed by atoms with Crippen LogP contribution < -0.4 is 4.74 Å². The van der Waals surface area contributed by atoms with E-state index in [2.05, 4.69) is 11.9 Å². The average molecular weight is 180 g/mol. The number of ether oxygens (including phenoxy) is 1. The second-order valence-electron chi connectivity index (χ2n) is 2.91. The molecule has 3 nitrogen and oxygen atoms in total. The summed E-state index contributed by atoms with van der Waals surface area (Å²) in [6, 6.07) is 1.82. The van der Waals surface area contributed by atoms with Crippen molar-refractivity contribution in [1.82, 2.24) is 4.98 Å². The molecule has 0 saturated heterocycles.